The average Bonchev–Trinajstić information content (AvgIpc) is 3.05. The van der Waals surface area contributed by atoms with Gasteiger partial charge in [0.15, 0.2) is 0 Å². The van der Waals surface area contributed by atoms with Gasteiger partial charge < -0.3 is 10.3 Å². The Morgan fingerprint density at radius 3 is 2.89 bits per heavy atom. The summed E-state index contributed by atoms with van der Waals surface area (Å²) >= 11 is 6.07. The number of hydrogen-bond acceptors (Lipinski definition) is 3. The van der Waals surface area contributed by atoms with Gasteiger partial charge in [-0.2, -0.15) is 0 Å². The van der Waals surface area contributed by atoms with Gasteiger partial charge in [-0.3, -0.25) is 14.2 Å². The molecule has 2 heterocycles. The molecule has 0 fully saturated rings. The molecule has 4 rings (SSSR count). The fourth-order valence-corrected chi connectivity index (χ4v) is 3.27. The van der Waals surface area contributed by atoms with E-state index >= 15 is 0 Å². The van der Waals surface area contributed by atoms with Crippen LogP contribution in [0.1, 0.15) is 12.0 Å². The summed E-state index contributed by atoms with van der Waals surface area (Å²) in [5.74, 6) is -0.597. The maximum atomic E-state index is 13.5. The number of H-pyrrole nitrogens is 1. The maximum absolute atomic E-state index is 13.5. The molecule has 2 N–H and O–H groups in total. The third kappa shape index (κ3) is 3.48. The number of benzene rings is 2. The van der Waals surface area contributed by atoms with Gasteiger partial charge in [-0.25, -0.2) is 9.37 Å². The highest BCUT2D eigenvalue weighted by Crippen LogP contribution is 2.22. The molecular formula is C20H16ClFN4O2. The molecule has 6 nitrogen and oxygen atoms in total. The first-order chi connectivity index (χ1) is 13.5. The van der Waals surface area contributed by atoms with Crippen molar-refractivity contribution in [3.8, 4) is 0 Å². The van der Waals surface area contributed by atoms with Gasteiger partial charge in [0.25, 0.3) is 5.56 Å². The van der Waals surface area contributed by atoms with Crippen LogP contribution < -0.4 is 10.9 Å². The minimum atomic E-state index is -0.394. The van der Waals surface area contributed by atoms with E-state index in [-0.39, 0.29) is 24.4 Å². The van der Waals surface area contributed by atoms with E-state index in [2.05, 4.69) is 15.3 Å². The Morgan fingerprint density at radius 1 is 1.25 bits per heavy atom. The lowest BCUT2D eigenvalue weighted by molar-refractivity contribution is -0.121. The summed E-state index contributed by atoms with van der Waals surface area (Å²) in [6.07, 6.45) is 1.50. The average molecular weight is 399 g/mol. The zero-order chi connectivity index (χ0) is 19.7. The number of carbonyl (C=O) groups is 1. The first-order valence-corrected chi connectivity index (χ1v) is 9.07. The molecule has 0 atom stereocenters. The number of nitrogens with zero attached hydrogens (tertiary/aromatic N) is 2. The number of aromatic amines is 1. The highest BCUT2D eigenvalue weighted by molar-refractivity contribution is 6.31. The second-order valence-corrected chi connectivity index (χ2v) is 6.81. The molecule has 142 valence electrons. The standard InChI is InChI=1S/C20H16ClFN4O2/c21-15-4-2-1-3-12(15)10-23-17(27)7-8-26-11-24-18-14-9-13(22)5-6-16(14)25-19(18)20(26)28/h1-6,9,11,25H,7-8,10H2,(H,23,27). The number of aromatic nitrogens is 3. The molecule has 0 saturated heterocycles. The zero-order valence-electron chi connectivity index (χ0n) is 14.7. The van der Waals surface area contributed by atoms with E-state index in [1.807, 2.05) is 18.2 Å². The molecule has 0 bridgehead atoms. The number of rotatable bonds is 5. The number of carbonyl (C=O) groups excluding carboxylic acids is 1. The molecule has 0 spiro atoms. The summed E-state index contributed by atoms with van der Waals surface area (Å²) in [7, 11) is 0. The normalized spacial score (nSPS) is 11.2. The van der Waals surface area contributed by atoms with Crippen LogP contribution in [0.25, 0.3) is 21.9 Å². The summed E-state index contributed by atoms with van der Waals surface area (Å²) in [5, 5.41) is 3.93. The number of aryl methyl sites for hydroxylation is 1. The topological polar surface area (TPSA) is 79.8 Å². The van der Waals surface area contributed by atoms with Gasteiger partial charge >= 0.3 is 0 Å². The fraction of sp³-hybridized carbons (Fsp3) is 0.150. The van der Waals surface area contributed by atoms with E-state index in [1.165, 1.54) is 23.0 Å². The third-order valence-corrected chi connectivity index (χ3v) is 4.92. The van der Waals surface area contributed by atoms with Crippen LogP contribution in [0.3, 0.4) is 0 Å². The highest BCUT2D eigenvalue weighted by Gasteiger charge is 2.12. The maximum Gasteiger partial charge on any atom is 0.277 e. The van der Waals surface area contributed by atoms with Crippen molar-refractivity contribution in [3.63, 3.8) is 0 Å². The molecule has 4 aromatic rings. The van der Waals surface area contributed by atoms with E-state index in [0.717, 1.165) is 5.56 Å². The summed E-state index contributed by atoms with van der Waals surface area (Å²) in [6, 6.07) is 11.5. The smallest absolute Gasteiger partial charge is 0.277 e. The molecule has 2 aromatic heterocycles. The molecule has 0 radical (unpaired) electrons. The van der Waals surface area contributed by atoms with Gasteiger partial charge in [-0.1, -0.05) is 29.8 Å². The van der Waals surface area contributed by atoms with Crippen LogP contribution in [0.4, 0.5) is 4.39 Å². The minimum absolute atomic E-state index is 0.117. The molecule has 8 heteroatoms. The van der Waals surface area contributed by atoms with Crippen molar-refractivity contribution in [2.75, 3.05) is 0 Å². The first kappa shape index (κ1) is 18.2. The Bertz CT molecular complexity index is 1250. The monoisotopic (exact) mass is 398 g/mol. The lowest BCUT2D eigenvalue weighted by Gasteiger charge is -2.08. The lowest BCUT2D eigenvalue weighted by atomic mass is 10.2. The summed E-state index contributed by atoms with van der Waals surface area (Å²) in [6.45, 7) is 0.498. The quantitative estimate of drug-likeness (QED) is 0.541. The van der Waals surface area contributed by atoms with E-state index < -0.39 is 5.82 Å². The minimum Gasteiger partial charge on any atom is -0.352 e. The van der Waals surface area contributed by atoms with Gasteiger partial charge in [0.05, 0.1) is 6.33 Å². The van der Waals surface area contributed by atoms with Crippen molar-refractivity contribution in [1.82, 2.24) is 19.9 Å². The van der Waals surface area contributed by atoms with E-state index in [0.29, 0.717) is 33.5 Å². The summed E-state index contributed by atoms with van der Waals surface area (Å²) < 4.78 is 14.8. The number of amides is 1. The Morgan fingerprint density at radius 2 is 2.07 bits per heavy atom. The molecule has 28 heavy (non-hydrogen) atoms. The number of nitrogens with one attached hydrogen (secondary N) is 2. The second kappa shape index (κ2) is 7.44. The van der Waals surface area contributed by atoms with Gasteiger partial charge in [0.1, 0.15) is 16.9 Å². The van der Waals surface area contributed by atoms with Gasteiger partial charge in [0, 0.05) is 35.4 Å². The van der Waals surface area contributed by atoms with Crippen molar-refractivity contribution in [1.29, 1.82) is 0 Å². The van der Waals surface area contributed by atoms with E-state index in [9.17, 15) is 14.0 Å². The van der Waals surface area contributed by atoms with Crippen molar-refractivity contribution >= 4 is 39.4 Å². The predicted octanol–water partition coefficient (Wildman–Crippen LogP) is 3.38. The Hall–Kier alpha value is -3.19. The Kier molecular flexibility index (Phi) is 4.83. The largest absolute Gasteiger partial charge is 0.352 e. The van der Waals surface area contributed by atoms with Crippen molar-refractivity contribution in [2.45, 2.75) is 19.5 Å². The van der Waals surface area contributed by atoms with Gasteiger partial charge in [-0.15, -0.1) is 0 Å². The van der Waals surface area contributed by atoms with Crippen LogP contribution in [0.15, 0.2) is 53.6 Å². The van der Waals surface area contributed by atoms with Crippen LogP contribution in [0, 0.1) is 5.82 Å². The van der Waals surface area contributed by atoms with Crippen LogP contribution in [-0.2, 0) is 17.9 Å². The molecule has 0 aliphatic rings. The van der Waals surface area contributed by atoms with Crippen LogP contribution in [-0.4, -0.2) is 20.4 Å². The zero-order valence-corrected chi connectivity index (χ0v) is 15.5. The summed E-state index contributed by atoms with van der Waals surface area (Å²) in [4.78, 5) is 32.0. The van der Waals surface area contributed by atoms with Crippen molar-refractivity contribution < 1.29 is 9.18 Å². The molecule has 0 unspecified atom stereocenters. The van der Waals surface area contributed by atoms with Gasteiger partial charge in [-0.05, 0) is 29.8 Å². The summed E-state index contributed by atoms with van der Waals surface area (Å²) in [5.41, 5.74) is 1.86. The van der Waals surface area contributed by atoms with E-state index in [1.54, 1.807) is 12.1 Å². The van der Waals surface area contributed by atoms with Crippen LogP contribution in [0.2, 0.25) is 5.02 Å². The van der Waals surface area contributed by atoms with Gasteiger partial charge in [0.2, 0.25) is 5.91 Å². The first-order valence-electron chi connectivity index (χ1n) is 8.69. The second-order valence-electron chi connectivity index (χ2n) is 6.40. The lowest BCUT2D eigenvalue weighted by Crippen LogP contribution is -2.27. The number of halogens is 2. The fourth-order valence-electron chi connectivity index (χ4n) is 3.07. The van der Waals surface area contributed by atoms with Crippen LogP contribution >= 0.6 is 11.6 Å². The Labute approximate surface area is 164 Å². The number of fused-ring (bicyclic) bond motifs is 3. The molecule has 0 aliphatic carbocycles. The van der Waals surface area contributed by atoms with Crippen LogP contribution in [0.5, 0.6) is 0 Å². The Balaban J connectivity index is 1.48. The molecule has 1 amide bonds. The van der Waals surface area contributed by atoms with Crippen molar-refractivity contribution in [3.05, 3.63) is 75.5 Å². The molecule has 0 saturated carbocycles. The molecule has 2 aromatic carbocycles. The van der Waals surface area contributed by atoms with E-state index in [4.69, 9.17) is 11.6 Å². The SMILES string of the molecule is O=C(CCn1cnc2c([nH]c3ccc(F)cc32)c1=O)NCc1ccccc1Cl. The third-order valence-electron chi connectivity index (χ3n) is 4.55. The molecule has 0 aliphatic heterocycles. The highest BCUT2D eigenvalue weighted by atomic mass is 35.5. The predicted molar refractivity (Wildman–Crippen MR) is 106 cm³/mol. The number of hydrogen-bond donors (Lipinski definition) is 2. The molecular weight excluding hydrogens is 383 g/mol. The van der Waals surface area contributed by atoms with Crippen molar-refractivity contribution in [2.24, 2.45) is 0 Å².